The van der Waals surface area contributed by atoms with E-state index in [-0.39, 0.29) is 11.0 Å². The first kappa shape index (κ1) is 19.3. The van der Waals surface area contributed by atoms with Crippen LogP contribution >= 0.6 is 23.5 Å². The SMILES string of the molecule is O=c1c(SCc2ccccc2)c(S[C@H]2CCCCO2)cnn1-c1ccccc1. The molecule has 144 valence electrons. The lowest BCUT2D eigenvalue weighted by Crippen LogP contribution is -2.24. The fraction of sp³-hybridized carbons (Fsp3) is 0.273. The summed E-state index contributed by atoms with van der Waals surface area (Å²) in [5.41, 5.74) is 1.99. The highest BCUT2D eigenvalue weighted by Crippen LogP contribution is 2.35. The van der Waals surface area contributed by atoms with Crippen LogP contribution in [0, 0.1) is 0 Å². The zero-order valence-electron chi connectivity index (χ0n) is 15.5. The normalized spacial score (nSPS) is 16.8. The van der Waals surface area contributed by atoms with Gasteiger partial charge in [-0.05, 0) is 37.0 Å². The van der Waals surface area contributed by atoms with Gasteiger partial charge >= 0.3 is 0 Å². The van der Waals surface area contributed by atoms with E-state index in [1.807, 2.05) is 54.7 Å². The van der Waals surface area contributed by atoms with Crippen molar-refractivity contribution < 1.29 is 4.74 Å². The van der Waals surface area contributed by atoms with Crippen LogP contribution in [0.3, 0.4) is 0 Å². The highest BCUT2D eigenvalue weighted by atomic mass is 32.2. The summed E-state index contributed by atoms with van der Waals surface area (Å²) in [6.45, 7) is 0.790. The number of ether oxygens (including phenoxy) is 1. The Balaban J connectivity index is 1.66. The van der Waals surface area contributed by atoms with Crippen molar-refractivity contribution in [3.8, 4) is 5.69 Å². The Labute approximate surface area is 173 Å². The monoisotopic (exact) mass is 410 g/mol. The van der Waals surface area contributed by atoms with Crippen molar-refractivity contribution in [1.29, 1.82) is 0 Å². The van der Waals surface area contributed by atoms with Crippen LogP contribution in [0.5, 0.6) is 0 Å². The zero-order chi connectivity index (χ0) is 19.2. The minimum Gasteiger partial charge on any atom is -0.367 e. The van der Waals surface area contributed by atoms with Crippen molar-refractivity contribution >= 4 is 23.5 Å². The summed E-state index contributed by atoms with van der Waals surface area (Å²) in [6.07, 6.45) is 5.10. The Kier molecular flexibility index (Phi) is 6.52. The van der Waals surface area contributed by atoms with Gasteiger partial charge in [-0.25, -0.2) is 0 Å². The van der Waals surface area contributed by atoms with Gasteiger partial charge in [0, 0.05) is 17.3 Å². The molecule has 28 heavy (non-hydrogen) atoms. The van der Waals surface area contributed by atoms with Crippen LogP contribution in [-0.2, 0) is 10.5 Å². The largest absolute Gasteiger partial charge is 0.367 e. The fourth-order valence-corrected chi connectivity index (χ4v) is 5.33. The lowest BCUT2D eigenvalue weighted by molar-refractivity contribution is 0.0727. The van der Waals surface area contributed by atoms with Crippen LogP contribution in [0.4, 0.5) is 0 Å². The second-order valence-corrected chi connectivity index (χ2v) is 8.77. The van der Waals surface area contributed by atoms with E-state index in [2.05, 4.69) is 17.2 Å². The van der Waals surface area contributed by atoms with Crippen LogP contribution in [-0.4, -0.2) is 21.8 Å². The molecule has 4 rings (SSSR count). The Bertz CT molecular complexity index is 955. The van der Waals surface area contributed by atoms with E-state index in [1.165, 1.54) is 16.7 Å². The standard InChI is InChI=1S/C22H22N2O2S2/c25-22-21(27-16-17-9-3-1-4-10-17)19(28-20-13-7-8-14-26-20)15-23-24(22)18-11-5-2-6-12-18/h1-6,9-12,15,20H,7-8,13-14,16H2/t20-/m0/s1. The molecule has 0 bridgehead atoms. The lowest BCUT2D eigenvalue weighted by atomic mass is 10.2. The number of nitrogens with zero attached hydrogens (tertiary/aromatic N) is 2. The predicted molar refractivity (Wildman–Crippen MR) is 115 cm³/mol. The number of hydrogen-bond acceptors (Lipinski definition) is 5. The van der Waals surface area contributed by atoms with Crippen molar-refractivity contribution in [2.75, 3.05) is 6.61 Å². The summed E-state index contributed by atoms with van der Waals surface area (Å²) in [7, 11) is 0. The molecule has 2 heterocycles. The molecule has 1 aromatic heterocycles. The Hall–Kier alpha value is -2.02. The lowest BCUT2D eigenvalue weighted by Gasteiger charge is -2.22. The van der Waals surface area contributed by atoms with Gasteiger partial charge < -0.3 is 4.74 Å². The Morgan fingerprint density at radius 3 is 2.50 bits per heavy atom. The molecule has 0 saturated carbocycles. The van der Waals surface area contributed by atoms with Crippen LogP contribution in [0.25, 0.3) is 5.69 Å². The van der Waals surface area contributed by atoms with E-state index in [9.17, 15) is 4.79 Å². The van der Waals surface area contributed by atoms with Gasteiger partial charge in [-0.15, -0.1) is 11.8 Å². The molecule has 1 atom stereocenters. The molecule has 0 unspecified atom stereocenters. The number of rotatable bonds is 6. The van der Waals surface area contributed by atoms with Gasteiger partial charge in [0.2, 0.25) is 0 Å². The number of benzene rings is 2. The zero-order valence-corrected chi connectivity index (χ0v) is 17.1. The Morgan fingerprint density at radius 2 is 1.79 bits per heavy atom. The van der Waals surface area contributed by atoms with Crippen LogP contribution in [0.15, 0.2) is 81.4 Å². The molecule has 2 aromatic carbocycles. The maximum absolute atomic E-state index is 13.3. The Morgan fingerprint density at radius 1 is 1.04 bits per heavy atom. The topological polar surface area (TPSA) is 44.1 Å². The third-order valence-corrected chi connectivity index (χ3v) is 7.01. The van der Waals surface area contributed by atoms with Gasteiger partial charge in [0.05, 0.1) is 16.8 Å². The van der Waals surface area contributed by atoms with Crippen LogP contribution in [0.2, 0.25) is 0 Å². The summed E-state index contributed by atoms with van der Waals surface area (Å²) >= 11 is 3.20. The molecular weight excluding hydrogens is 388 g/mol. The summed E-state index contributed by atoms with van der Waals surface area (Å²) < 4.78 is 7.36. The van der Waals surface area contributed by atoms with Gasteiger partial charge in [-0.3, -0.25) is 4.79 Å². The predicted octanol–water partition coefficient (Wildman–Crippen LogP) is 5.14. The van der Waals surface area contributed by atoms with Crippen LogP contribution in [0.1, 0.15) is 24.8 Å². The summed E-state index contributed by atoms with van der Waals surface area (Å²) in [4.78, 5) is 14.9. The number of para-hydroxylation sites is 1. The molecule has 0 aliphatic carbocycles. The van der Waals surface area contributed by atoms with E-state index in [0.717, 1.165) is 40.7 Å². The van der Waals surface area contributed by atoms with Crippen molar-refractivity contribution in [3.63, 3.8) is 0 Å². The minimum absolute atomic E-state index is 0.0760. The second kappa shape index (κ2) is 9.45. The molecule has 0 amide bonds. The van der Waals surface area contributed by atoms with Gasteiger partial charge in [0.25, 0.3) is 5.56 Å². The average molecular weight is 411 g/mol. The summed E-state index contributed by atoms with van der Waals surface area (Å²) in [5.74, 6) is 0.744. The van der Waals surface area contributed by atoms with E-state index in [0.29, 0.717) is 0 Å². The van der Waals surface area contributed by atoms with E-state index < -0.39 is 0 Å². The number of hydrogen-bond donors (Lipinski definition) is 0. The van der Waals surface area contributed by atoms with Gasteiger partial charge in [0.1, 0.15) is 5.44 Å². The molecule has 1 aliphatic rings. The molecule has 4 nitrogen and oxygen atoms in total. The number of aromatic nitrogens is 2. The van der Waals surface area contributed by atoms with E-state index in [1.54, 1.807) is 23.5 Å². The van der Waals surface area contributed by atoms with E-state index in [4.69, 9.17) is 4.74 Å². The molecule has 0 N–H and O–H groups in total. The molecule has 1 saturated heterocycles. The summed E-state index contributed by atoms with van der Waals surface area (Å²) in [5, 5.41) is 4.44. The molecule has 1 aliphatic heterocycles. The molecular formula is C22H22N2O2S2. The highest BCUT2D eigenvalue weighted by Gasteiger charge is 2.20. The minimum atomic E-state index is -0.0760. The third kappa shape index (κ3) is 4.69. The van der Waals surface area contributed by atoms with Crippen molar-refractivity contribution in [2.45, 2.75) is 40.2 Å². The van der Waals surface area contributed by atoms with Gasteiger partial charge in [-0.1, -0.05) is 60.3 Å². The smallest absolute Gasteiger partial charge is 0.286 e. The molecule has 6 heteroatoms. The first-order chi connectivity index (χ1) is 13.8. The number of thioether (sulfide) groups is 2. The van der Waals surface area contributed by atoms with Gasteiger partial charge in [-0.2, -0.15) is 9.78 Å². The second-order valence-electron chi connectivity index (χ2n) is 6.58. The maximum Gasteiger partial charge on any atom is 0.286 e. The first-order valence-electron chi connectivity index (χ1n) is 9.44. The first-order valence-corrected chi connectivity index (χ1v) is 11.3. The molecule has 1 fully saturated rings. The summed E-state index contributed by atoms with van der Waals surface area (Å²) in [6, 6.07) is 19.8. The fourth-order valence-electron chi connectivity index (χ4n) is 3.07. The highest BCUT2D eigenvalue weighted by molar-refractivity contribution is 8.02. The van der Waals surface area contributed by atoms with Gasteiger partial charge in [0.15, 0.2) is 0 Å². The molecule has 0 spiro atoms. The molecule has 3 aromatic rings. The van der Waals surface area contributed by atoms with Crippen molar-refractivity contribution in [3.05, 3.63) is 82.8 Å². The molecule has 0 radical (unpaired) electrons. The third-order valence-electron chi connectivity index (χ3n) is 4.52. The quantitative estimate of drug-likeness (QED) is 0.526. The maximum atomic E-state index is 13.3. The van der Waals surface area contributed by atoms with E-state index >= 15 is 0 Å². The van der Waals surface area contributed by atoms with Crippen molar-refractivity contribution in [2.24, 2.45) is 0 Å². The average Bonchev–Trinajstić information content (AvgIpc) is 2.75. The van der Waals surface area contributed by atoms with Crippen LogP contribution < -0.4 is 5.56 Å². The van der Waals surface area contributed by atoms with Crippen molar-refractivity contribution in [1.82, 2.24) is 9.78 Å².